The summed E-state index contributed by atoms with van der Waals surface area (Å²) in [7, 11) is 0. The normalized spacial score (nSPS) is 12.1. The number of allylic oxidation sites excluding steroid dienone is 4. The first-order valence-electron chi connectivity index (χ1n) is 26.8. The van der Waals surface area contributed by atoms with Crippen molar-refractivity contribution in [2.75, 3.05) is 13.2 Å². The van der Waals surface area contributed by atoms with E-state index in [1.807, 2.05) is 0 Å². The largest absolute Gasteiger partial charge is 0.462 e. The van der Waals surface area contributed by atoms with E-state index in [1.54, 1.807) is 0 Å². The van der Waals surface area contributed by atoms with Gasteiger partial charge in [0.15, 0.2) is 6.10 Å². The van der Waals surface area contributed by atoms with Gasteiger partial charge in [-0.2, -0.15) is 0 Å². The van der Waals surface area contributed by atoms with Crippen LogP contribution in [0.1, 0.15) is 290 Å². The second-order valence-corrected chi connectivity index (χ2v) is 18.1. The van der Waals surface area contributed by atoms with Crippen LogP contribution >= 0.6 is 0 Å². The maximum atomic E-state index is 12.8. The van der Waals surface area contributed by atoms with E-state index < -0.39 is 6.10 Å². The molecule has 0 N–H and O–H groups in total. The van der Waals surface area contributed by atoms with Crippen LogP contribution in [0.5, 0.6) is 0 Å². The summed E-state index contributed by atoms with van der Waals surface area (Å²) in [6.45, 7) is 6.60. The van der Waals surface area contributed by atoms with Gasteiger partial charge in [0, 0.05) is 19.3 Å². The summed E-state index contributed by atoms with van der Waals surface area (Å²) in [5.74, 6) is -0.873. The van der Waals surface area contributed by atoms with Gasteiger partial charge in [0.05, 0.1) is 0 Å². The Bertz CT molecular complexity index is 989. The molecular weight excluding hydrogens is 757 g/mol. The van der Waals surface area contributed by atoms with Gasteiger partial charge in [0.25, 0.3) is 0 Å². The fraction of sp³-hybridized carbons (Fsp3) is 0.873. The Balaban J connectivity index is 4.29. The van der Waals surface area contributed by atoms with Crippen molar-refractivity contribution >= 4 is 17.9 Å². The lowest BCUT2D eigenvalue weighted by Gasteiger charge is -2.18. The molecule has 0 rings (SSSR count). The summed E-state index contributed by atoms with van der Waals surface area (Å²) >= 11 is 0. The lowest BCUT2D eigenvalue weighted by Crippen LogP contribution is -2.30. The van der Waals surface area contributed by atoms with Gasteiger partial charge < -0.3 is 14.2 Å². The molecule has 1 atom stereocenters. The van der Waals surface area contributed by atoms with Crippen molar-refractivity contribution in [3.63, 3.8) is 0 Å². The molecule has 1 unspecified atom stereocenters. The minimum absolute atomic E-state index is 0.0725. The van der Waals surface area contributed by atoms with Crippen molar-refractivity contribution in [2.45, 2.75) is 297 Å². The van der Waals surface area contributed by atoms with Crippen molar-refractivity contribution in [1.82, 2.24) is 0 Å². The molecule has 0 bridgehead atoms. The molecule has 0 aromatic carbocycles. The maximum absolute atomic E-state index is 12.8. The molecule has 358 valence electrons. The summed E-state index contributed by atoms with van der Waals surface area (Å²) < 4.78 is 16.8. The lowest BCUT2D eigenvalue weighted by molar-refractivity contribution is -0.167. The highest BCUT2D eigenvalue weighted by Gasteiger charge is 2.19. The van der Waals surface area contributed by atoms with Crippen molar-refractivity contribution < 1.29 is 28.6 Å². The van der Waals surface area contributed by atoms with Crippen LogP contribution in [0, 0.1) is 0 Å². The fourth-order valence-electron chi connectivity index (χ4n) is 7.85. The van der Waals surface area contributed by atoms with Crippen LogP contribution in [0.4, 0.5) is 0 Å². The summed E-state index contributed by atoms with van der Waals surface area (Å²) in [6, 6.07) is 0. The van der Waals surface area contributed by atoms with Crippen LogP contribution in [-0.2, 0) is 28.6 Å². The Morgan fingerprint density at radius 3 is 0.885 bits per heavy atom. The molecule has 0 amide bonds. The molecule has 0 saturated heterocycles. The van der Waals surface area contributed by atoms with Gasteiger partial charge in [-0.3, -0.25) is 14.4 Å². The first-order chi connectivity index (χ1) is 30.0. The monoisotopic (exact) mass is 859 g/mol. The fourth-order valence-corrected chi connectivity index (χ4v) is 7.85. The second-order valence-electron chi connectivity index (χ2n) is 18.1. The van der Waals surface area contributed by atoms with Gasteiger partial charge in [0.1, 0.15) is 13.2 Å². The first-order valence-corrected chi connectivity index (χ1v) is 26.8. The van der Waals surface area contributed by atoms with Crippen LogP contribution in [0.2, 0.25) is 0 Å². The van der Waals surface area contributed by atoms with E-state index in [9.17, 15) is 14.4 Å². The number of hydrogen-bond donors (Lipinski definition) is 0. The van der Waals surface area contributed by atoms with E-state index >= 15 is 0 Å². The Kier molecular flexibility index (Phi) is 48.8. The number of rotatable bonds is 49. The van der Waals surface area contributed by atoms with Gasteiger partial charge in [-0.1, -0.05) is 231 Å². The molecule has 6 nitrogen and oxygen atoms in total. The highest BCUT2D eigenvalue weighted by molar-refractivity contribution is 5.71. The average Bonchev–Trinajstić information content (AvgIpc) is 3.26. The number of carbonyl (C=O) groups is 3. The molecule has 0 aliphatic heterocycles. The Labute approximate surface area is 379 Å². The van der Waals surface area contributed by atoms with E-state index in [4.69, 9.17) is 14.2 Å². The molecule has 0 spiro atoms. The lowest BCUT2D eigenvalue weighted by atomic mass is 10.0. The van der Waals surface area contributed by atoms with E-state index in [2.05, 4.69) is 45.1 Å². The Morgan fingerprint density at radius 2 is 0.574 bits per heavy atom. The van der Waals surface area contributed by atoms with Gasteiger partial charge >= 0.3 is 17.9 Å². The van der Waals surface area contributed by atoms with Crippen LogP contribution in [0.15, 0.2) is 24.3 Å². The number of hydrogen-bond acceptors (Lipinski definition) is 6. The third-order valence-electron chi connectivity index (χ3n) is 11.9. The molecule has 0 radical (unpaired) electrons. The molecule has 0 heterocycles. The summed E-state index contributed by atoms with van der Waals surface area (Å²) in [4.78, 5) is 37.9. The van der Waals surface area contributed by atoms with Crippen LogP contribution in [0.3, 0.4) is 0 Å². The number of carbonyl (C=O) groups excluding carboxylic acids is 3. The average molecular weight is 859 g/mol. The van der Waals surface area contributed by atoms with E-state index in [0.29, 0.717) is 19.3 Å². The molecule has 0 saturated carbocycles. The molecular formula is C55H102O6. The quantitative estimate of drug-likeness (QED) is 0.0262. The van der Waals surface area contributed by atoms with Crippen LogP contribution < -0.4 is 0 Å². The van der Waals surface area contributed by atoms with Crippen molar-refractivity contribution in [3.05, 3.63) is 24.3 Å². The topological polar surface area (TPSA) is 78.9 Å². The molecule has 0 aromatic heterocycles. The zero-order valence-electron chi connectivity index (χ0n) is 40.9. The Hall–Kier alpha value is -2.11. The molecule has 6 heteroatoms. The molecule has 0 aliphatic carbocycles. The summed E-state index contributed by atoms with van der Waals surface area (Å²) in [6.07, 6.45) is 57.4. The third kappa shape index (κ3) is 48.8. The second kappa shape index (κ2) is 50.5. The molecule has 0 aliphatic rings. The highest BCUT2D eigenvalue weighted by Crippen LogP contribution is 2.16. The van der Waals surface area contributed by atoms with Gasteiger partial charge in [-0.05, 0) is 64.2 Å². The molecule has 0 fully saturated rings. The molecule has 61 heavy (non-hydrogen) atoms. The van der Waals surface area contributed by atoms with Crippen LogP contribution in [0.25, 0.3) is 0 Å². The predicted octanol–water partition coefficient (Wildman–Crippen LogP) is 17.5. The van der Waals surface area contributed by atoms with Gasteiger partial charge in [-0.15, -0.1) is 0 Å². The Morgan fingerprint density at radius 1 is 0.311 bits per heavy atom. The maximum Gasteiger partial charge on any atom is 0.306 e. The number of esters is 3. The first kappa shape index (κ1) is 58.9. The minimum Gasteiger partial charge on any atom is -0.462 e. The van der Waals surface area contributed by atoms with Crippen molar-refractivity contribution in [1.29, 1.82) is 0 Å². The minimum atomic E-state index is -0.771. The highest BCUT2D eigenvalue weighted by atomic mass is 16.6. The standard InChI is InChI=1S/C55H102O6/c1-4-7-10-13-16-19-22-24-26-27-28-30-31-33-36-39-42-45-48-54(57)60-51-52(50-59-53(56)47-44-41-38-35-21-18-15-12-9-6-3)61-55(58)49-46-43-40-37-34-32-29-25-23-20-17-14-11-8-5-2/h12,15,26-27,52H,4-11,13-14,16-25,28-51H2,1-3H3/b15-12-,27-26-. The zero-order valence-corrected chi connectivity index (χ0v) is 40.9. The number of ether oxygens (including phenoxy) is 3. The van der Waals surface area contributed by atoms with E-state index in [1.165, 1.54) is 180 Å². The third-order valence-corrected chi connectivity index (χ3v) is 11.9. The van der Waals surface area contributed by atoms with Crippen LogP contribution in [-0.4, -0.2) is 37.2 Å². The van der Waals surface area contributed by atoms with Gasteiger partial charge in [-0.25, -0.2) is 0 Å². The number of unbranched alkanes of at least 4 members (excludes halogenated alkanes) is 34. The van der Waals surface area contributed by atoms with E-state index in [-0.39, 0.29) is 31.1 Å². The zero-order chi connectivity index (χ0) is 44.4. The van der Waals surface area contributed by atoms with Gasteiger partial charge in [0.2, 0.25) is 0 Å². The summed E-state index contributed by atoms with van der Waals surface area (Å²) in [5.41, 5.74) is 0. The SMILES string of the molecule is CCC/C=C\CCCCCCCC(=O)OCC(COC(=O)CCCCCCCCC/C=C\CCCCCCCCC)OC(=O)CCCCCCCCCCCCCCCCC. The van der Waals surface area contributed by atoms with Crippen molar-refractivity contribution in [3.8, 4) is 0 Å². The molecule has 0 aromatic rings. The smallest absolute Gasteiger partial charge is 0.306 e. The van der Waals surface area contributed by atoms with E-state index in [0.717, 1.165) is 70.6 Å². The van der Waals surface area contributed by atoms with Crippen molar-refractivity contribution in [2.24, 2.45) is 0 Å². The summed E-state index contributed by atoms with van der Waals surface area (Å²) in [5, 5.41) is 0. The predicted molar refractivity (Wildman–Crippen MR) is 261 cm³/mol.